The van der Waals surface area contributed by atoms with Crippen LogP contribution < -0.4 is 11.1 Å². The Balaban J connectivity index is 1.74. The summed E-state index contributed by atoms with van der Waals surface area (Å²) in [7, 11) is 0. The second kappa shape index (κ2) is 8.18. The van der Waals surface area contributed by atoms with E-state index in [1.807, 2.05) is 25.1 Å². The number of piperidine rings is 1. The normalized spacial score (nSPS) is 16.6. The molecule has 0 unspecified atom stereocenters. The number of halogens is 1. The molecule has 0 saturated carbocycles. The summed E-state index contributed by atoms with van der Waals surface area (Å²) in [6.45, 7) is 2.90. The van der Waals surface area contributed by atoms with Crippen molar-refractivity contribution < 1.29 is 14.3 Å². The van der Waals surface area contributed by atoms with Crippen molar-refractivity contribution in [1.82, 2.24) is 9.88 Å². The first kappa shape index (κ1) is 19.9. The fourth-order valence-electron chi connectivity index (χ4n) is 4.25. The molecule has 0 radical (unpaired) electrons. The number of nitrogen functional groups attached to an aromatic ring is 1. The highest BCUT2D eigenvalue weighted by Gasteiger charge is 2.26. The fourth-order valence-corrected chi connectivity index (χ4v) is 4.25. The predicted molar refractivity (Wildman–Crippen MR) is 117 cm³/mol. The van der Waals surface area contributed by atoms with Crippen molar-refractivity contribution in [2.45, 2.75) is 32.2 Å². The lowest BCUT2D eigenvalue weighted by atomic mass is 9.96. The number of anilines is 2. The van der Waals surface area contributed by atoms with Crippen LogP contribution in [0.1, 0.15) is 24.8 Å². The molecule has 30 heavy (non-hydrogen) atoms. The van der Waals surface area contributed by atoms with Crippen molar-refractivity contribution in [2.24, 2.45) is 0 Å². The molecular weight excluding hydrogens is 383 g/mol. The summed E-state index contributed by atoms with van der Waals surface area (Å²) < 4.78 is 14.6. The Bertz CT molecular complexity index is 1080. The van der Waals surface area contributed by atoms with E-state index in [1.54, 1.807) is 18.3 Å². The van der Waals surface area contributed by atoms with Gasteiger partial charge in [0.25, 0.3) is 0 Å². The van der Waals surface area contributed by atoms with Crippen LogP contribution in [0.2, 0.25) is 0 Å². The summed E-state index contributed by atoms with van der Waals surface area (Å²) in [6, 6.07) is 10.5. The number of carbonyl (C=O) groups is 1. The number of nitrogens with one attached hydrogen (secondary N) is 1. The third kappa shape index (κ3) is 3.87. The number of aryl methyl sites for hydroxylation is 1. The molecule has 4 N–H and O–H groups in total. The van der Waals surface area contributed by atoms with Crippen molar-refractivity contribution in [1.29, 1.82) is 0 Å². The summed E-state index contributed by atoms with van der Waals surface area (Å²) >= 11 is 0. The average Bonchev–Trinajstić information content (AvgIpc) is 2.72. The molecule has 0 bridgehead atoms. The lowest BCUT2D eigenvalue weighted by Gasteiger charge is -2.34. The molecule has 0 spiro atoms. The molecule has 2 heterocycles. The molecule has 4 rings (SSSR count). The van der Waals surface area contributed by atoms with Crippen LogP contribution in [0.25, 0.3) is 21.9 Å². The Kier molecular flexibility index (Phi) is 5.44. The van der Waals surface area contributed by atoms with E-state index in [4.69, 9.17) is 5.73 Å². The van der Waals surface area contributed by atoms with Crippen molar-refractivity contribution in [3.8, 4) is 11.1 Å². The lowest BCUT2D eigenvalue weighted by molar-refractivity contribution is 0.110. The molecule has 1 atom stereocenters. The molecule has 1 aromatic heterocycles. The molecular formula is C23H25FN4O2. The molecule has 2 aromatic carbocycles. The quantitative estimate of drug-likeness (QED) is 0.572. The third-order valence-corrected chi connectivity index (χ3v) is 5.77. The van der Waals surface area contributed by atoms with E-state index in [-0.39, 0.29) is 11.9 Å². The summed E-state index contributed by atoms with van der Waals surface area (Å²) in [4.78, 5) is 17.3. The van der Waals surface area contributed by atoms with Gasteiger partial charge in [-0.2, -0.15) is 0 Å². The number of nitrogens with zero attached hydrogens (tertiary/aromatic N) is 2. The van der Waals surface area contributed by atoms with Gasteiger partial charge in [-0.05, 0) is 61.6 Å². The highest BCUT2D eigenvalue weighted by atomic mass is 19.1. The summed E-state index contributed by atoms with van der Waals surface area (Å²) in [5.74, 6) is 0.109. The van der Waals surface area contributed by atoms with Gasteiger partial charge in [0.05, 0.1) is 6.04 Å². The standard InChI is InChI=1S/C23H25FN4O2/c1-14-5-4-7-19(24)22(14)15-9-16-12-27-21(25)11-18(16)20(10-15)26-13-17-6-2-3-8-28(17)23(29)30/h4-5,7,9-12,17,26H,2-3,6,8,13H2,1H3,(H2,25,27)(H,29,30)/t17-/m1/s1. The third-order valence-electron chi connectivity index (χ3n) is 5.77. The average molecular weight is 408 g/mol. The van der Waals surface area contributed by atoms with Crippen LogP contribution in [0.15, 0.2) is 42.6 Å². The number of amides is 1. The Labute approximate surface area is 174 Å². The molecule has 0 aliphatic carbocycles. The number of nitrogens with two attached hydrogens (primary N) is 1. The number of hydrogen-bond acceptors (Lipinski definition) is 4. The first-order valence-corrected chi connectivity index (χ1v) is 10.1. The number of rotatable bonds is 4. The Morgan fingerprint density at radius 2 is 2.17 bits per heavy atom. The first-order valence-electron chi connectivity index (χ1n) is 10.1. The summed E-state index contributed by atoms with van der Waals surface area (Å²) in [5.41, 5.74) is 8.82. The number of benzene rings is 2. The van der Waals surface area contributed by atoms with Crippen LogP contribution in [0.4, 0.5) is 20.7 Å². The monoisotopic (exact) mass is 408 g/mol. The van der Waals surface area contributed by atoms with E-state index in [0.717, 1.165) is 46.8 Å². The van der Waals surface area contributed by atoms with Gasteiger partial charge in [0.2, 0.25) is 0 Å². The topological polar surface area (TPSA) is 91.5 Å². The summed E-state index contributed by atoms with van der Waals surface area (Å²) in [5, 5.41) is 14.6. The van der Waals surface area contributed by atoms with Gasteiger partial charge in [-0.25, -0.2) is 14.2 Å². The minimum Gasteiger partial charge on any atom is -0.465 e. The molecule has 1 aliphatic heterocycles. The Morgan fingerprint density at radius 1 is 1.33 bits per heavy atom. The zero-order chi connectivity index (χ0) is 21.3. The Hall–Kier alpha value is -3.35. The van der Waals surface area contributed by atoms with Crippen molar-refractivity contribution >= 4 is 28.4 Å². The van der Waals surface area contributed by atoms with Crippen molar-refractivity contribution in [3.63, 3.8) is 0 Å². The van der Waals surface area contributed by atoms with Crippen LogP contribution in [-0.2, 0) is 0 Å². The van der Waals surface area contributed by atoms with Gasteiger partial charge < -0.3 is 21.1 Å². The van der Waals surface area contributed by atoms with Crippen molar-refractivity contribution in [3.05, 3.63) is 54.0 Å². The van der Waals surface area contributed by atoms with E-state index < -0.39 is 6.09 Å². The molecule has 6 nitrogen and oxygen atoms in total. The van der Waals surface area contributed by atoms with E-state index >= 15 is 0 Å². The maximum atomic E-state index is 14.6. The molecule has 1 amide bonds. The van der Waals surface area contributed by atoms with Crippen LogP contribution in [0.5, 0.6) is 0 Å². The molecule has 156 valence electrons. The predicted octanol–water partition coefficient (Wildman–Crippen LogP) is 4.88. The number of hydrogen-bond donors (Lipinski definition) is 3. The second-order valence-electron chi connectivity index (χ2n) is 7.79. The largest absolute Gasteiger partial charge is 0.465 e. The number of carboxylic acid groups (broad SMARTS) is 1. The number of aromatic nitrogens is 1. The number of likely N-dealkylation sites (tertiary alicyclic amines) is 1. The summed E-state index contributed by atoms with van der Waals surface area (Å²) in [6.07, 6.45) is 3.49. The molecule has 1 saturated heterocycles. The van der Waals surface area contributed by atoms with E-state index in [1.165, 1.54) is 11.0 Å². The highest BCUT2D eigenvalue weighted by Crippen LogP contribution is 2.34. The lowest BCUT2D eigenvalue weighted by Crippen LogP contribution is -2.46. The van der Waals surface area contributed by atoms with Crippen LogP contribution >= 0.6 is 0 Å². The first-order chi connectivity index (χ1) is 14.4. The number of pyridine rings is 1. The van der Waals surface area contributed by atoms with Gasteiger partial charge in [0.15, 0.2) is 0 Å². The molecule has 3 aromatic rings. The van der Waals surface area contributed by atoms with E-state index in [9.17, 15) is 14.3 Å². The van der Waals surface area contributed by atoms with Crippen LogP contribution in [0.3, 0.4) is 0 Å². The zero-order valence-electron chi connectivity index (χ0n) is 16.9. The Morgan fingerprint density at radius 3 is 2.93 bits per heavy atom. The van der Waals surface area contributed by atoms with Gasteiger partial charge in [-0.3, -0.25) is 0 Å². The second-order valence-corrected chi connectivity index (χ2v) is 7.79. The van der Waals surface area contributed by atoms with Gasteiger partial charge in [-0.1, -0.05) is 12.1 Å². The highest BCUT2D eigenvalue weighted by molar-refractivity contribution is 5.98. The van der Waals surface area contributed by atoms with E-state index in [2.05, 4.69) is 10.3 Å². The maximum Gasteiger partial charge on any atom is 0.407 e. The van der Waals surface area contributed by atoms with Gasteiger partial charge in [0, 0.05) is 41.3 Å². The van der Waals surface area contributed by atoms with Crippen LogP contribution in [-0.4, -0.2) is 40.2 Å². The van der Waals surface area contributed by atoms with E-state index in [0.29, 0.717) is 24.5 Å². The fraction of sp³-hybridized carbons (Fsp3) is 0.304. The van der Waals surface area contributed by atoms with Crippen molar-refractivity contribution in [2.75, 3.05) is 24.1 Å². The molecule has 1 aliphatic rings. The minimum absolute atomic E-state index is 0.107. The van der Waals surface area contributed by atoms with Gasteiger partial charge in [-0.15, -0.1) is 0 Å². The zero-order valence-corrected chi connectivity index (χ0v) is 16.9. The smallest absolute Gasteiger partial charge is 0.407 e. The molecule has 1 fully saturated rings. The van der Waals surface area contributed by atoms with Gasteiger partial charge >= 0.3 is 6.09 Å². The SMILES string of the molecule is Cc1cccc(F)c1-c1cc(NC[C@H]2CCCCN2C(=O)O)c2cc(N)ncc2c1. The van der Waals surface area contributed by atoms with Gasteiger partial charge in [0.1, 0.15) is 11.6 Å². The van der Waals surface area contributed by atoms with Crippen LogP contribution in [0, 0.1) is 12.7 Å². The maximum absolute atomic E-state index is 14.6. The molecule has 7 heteroatoms. The minimum atomic E-state index is -0.893. The number of fused-ring (bicyclic) bond motifs is 1.